The molecule has 5 nitrogen and oxygen atoms in total. The summed E-state index contributed by atoms with van der Waals surface area (Å²) >= 11 is 3.13. The van der Waals surface area contributed by atoms with Crippen molar-refractivity contribution in [2.24, 2.45) is 0 Å². The number of halogens is 2. The van der Waals surface area contributed by atoms with Gasteiger partial charge in [0.15, 0.2) is 0 Å². The fourth-order valence-corrected chi connectivity index (χ4v) is 1.90. The van der Waals surface area contributed by atoms with Gasteiger partial charge in [-0.3, -0.25) is 15.0 Å². The average molecular weight is 302 g/mol. The highest BCUT2D eigenvalue weighted by molar-refractivity contribution is 9.08. The van der Waals surface area contributed by atoms with Crippen LogP contribution in [0, 0.1) is 5.95 Å². The molecule has 0 saturated carbocycles. The minimum Gasteiger partial charge on any atom is -0.278 e. The Morgan fingerprint density at radius 3 is 2.82 bits per heavy atom. The molecule has 17 heavy (non-hydrogen) atoms. The Kier molecular flexibility index (Phi) is 3.37. The summed E-state index contributed by atoms with van der Waals surface area (Å²) < 4.78 is 13.4. The normalized spacial score (nSPS) is 16.0. The smallest absolute Gasteiger partial charge is 0.278 e. The Hall–Kier alpha value is -1.50. The van der Waals surface area contributed by atoms with Gasteiger partial charge in [-0.2, -0.15) is 4.39 Å². The first-order chi connectivity index (χ1) is 8.11. The van der Waals surface area contributed by atoms with Crippen LogP contribution in [0.15, 0.2) is 12.1 Å². The van der Waals surface area contributed by atoms with E-state index in [1.54, 1.807) is 12.1 Å². The third kappa shape index (κ3) is 2.44. The van der Waals surface area contributed by atoms with Gasteiger partial charge in [-0.05, 0) is 12.1 Å². The van der Waals surface area contributed by atoms with Crippen LogP contribution in [-0.4, -0.2) is 23.5 Å². The van der Waals surface area contributed by atoms with Crippen LogP contribution >= 0.6 is 15.9 Å². The lowest BCUT2D eigenvalue weighted by atomic mass is 10.2. The number of carbonyl (C=O) groups is 2. The van der Waals surface area contributed by atoms with Gasteiger partial charge in [-0.25, -0.2) is 9.78 Å². The zero-order valence-electron chi connectivity index (χ0n) is 8.74. The minimum absolute atomic E-state index is 0.190. The summed E-state index contributed by atoms with van der Waals surface area (Å²) in [6.45, 7) is 0.213. The van der Waals surface area contributed by atoms with Crippen LogP contribution < -0.4 is 10.2 Å². The van der Waals surface area contributed by atoms with E-state index in [4.69, 9.17) is 0 Å². The molecular formula is C10H9BrFN3O2. The summed E-state index contributed by atoms with van der Waals surface area (Å²) in [5, 5.41) is 2.51. The van der Waals surface area contributed by atoms with Crippen LogP contribution in [0.4, 0.5) is 15.0 Å². The standard InChI is InChI=1S/C10H9BrFN3O2/c11-5-6-1-2-7(13-9(6)12)15-4-3-8(16)14-10(15)17/h1-2H,3-5H2,(H,14,16,17). The zero-order valence-corrected chi connectivity index (χ0v) is 10.3. The average Bonchev–Trinajstić information content (AvgIpc) is 2.29. The van der Waals surface area contributed by atoms with Gasteiger partial charge < -0.3 is 0 Å². The number of hydrogen-bond acceptors (Lipinski definition) is 3. The van der Waals surface area contributed by atoms with Crippen molar-refractivity contribution in [2.75, 3.05) is 11.4 Å². The molecular weight excluding hydrogens is 293 g/mol. The number of aromatic nitrogens is 1. The van der Waals surface area contributed by atoms with Gasteiger partial charge in [-0.1, -0.05) is 15.9 Å². The summed E-state index contributed by atoms with van der Waals surface area (Å²) in [5.74, 6) is -0.745. The molecule has 3 amide bonds. The predicted molar refractivity (Wildman–Crippen MR) is 62.3 cm³/mol. The molecule has 1 aliphatic rings. The van der Waals surface area contributed by atoms with E-state index >= 15 is 0 Å². The van der Waals surface area contributed by atoms with Crippen molar-refractivity contribution in [1.29, 1.82) is 0 Å². The summed E-state index contributed by atoms with van der Waals surface area (Å²) in [6, 6.07) is 2.53. The molecule has 0 radical (unpaired) electrons. The molecule has 7 heteroatoms. The van der Waals surface area contributed by atoms with Crippen LogP contribution in [0.3, 0.4) is 0 Å². The fourth-order valence-electron chi connectivity index (χ4n) is 1.49. The lowest BCUT2D eigenvalue weighted by Crippen LogP contribution is -2.50. The number of pyridine rings is 1. The van der Waals surface area contributed by atoms with Crippen molar-refractivity contribution in [1.82, 2.24) is 10.3 Å². The van der Waals surface area contributed by atoms with Gasteiger partial charge in [-0.15, -0.1) is 0 Å². The van der Waals surface area contributed by atoms with Crippen molar-refractivity contribution in [3.8, 4) is 0 Å². The molecule has 0 bridgehead atoms. The topological polar surface area (TPSA) is 62.3 Å². The number of urea groups is 1. The summed E-state index contributed by atoms with van der Waals surface area (Å²) in [6.07, 6.45) is 0.190. The highest BCUT2D eigenvalue weighted by Gasteiger charge is 2.25. The van der Waals surface area contributed by atoms with E-state index in [0.717, 1.165) is 0 Å². The van der Waals surface area contributed by atoms with Gasteiger partial charge in [0.2, 0.25) is 11.9 Å². The summed E-state index contributed by atoms with van der Waals surface area (Å²) in [4.78, 5) is 27.4. The van der Waals surface area contributed by atoms with Crippen molar-refractivity contribution >= 4 is 33.7 Å². The van der Waals surface area contributed by atoms with E-state index in [-0.39, 0.29) is 24.7 Å². The first kappa shape index (κ1) is 12.0. The molecule has 1 fully saturated rings. The van der Waals surface area contributed by atoms with E-state index in [2.05, 4.69) is 26.2 Å². The van der Waals surface area contributed by atoms with Crippen LogP contribution in [0.1, 0.15) is 12.0 Å². The minimum atomic E-state index is -0.621. The molecule has 1 N–H and O–H groups in total. The lowest BCUT2D eigenvalue weighted by molar-refractivity contribution is -0.120. The Bertz CT molecular complexity index is 481. The van der Waals surface area contributed by atoms with Crippen molar-refractivity contribution < 1.29 is 14.0 Å². The van der Waals surface area contributed by atoms with Crippen molar-refractivity contribution in [2.45, 2.75) is 11.8 Å². The van der Waals surface area contributed by atoms with Crippen molar-refractivity contribution in [3.63, 3.8) is 0 Å². The quantitative estimate of drug-likeness (QED) is 0.666. The molecule has 2 heterocycles. The van der Waals surface area contributed by atoms with E-state index in [0.29, 0.717) is 10.9 Å². The molecule has 90 valence electrons. The number of rotatable bonds is 2. The maximum absolute atomic E-state index is 13.4. The molecule has 1 aromatic heterocycles. The summed E-state index contributed by atoms with van der Waals surface area (Å²) in [7, 11) is 0. The van der Waals surface area contributed by atoms with Crippen molar-refractivity contribution in [3.05, 3.63) is 23.6 Å². The Balaban J connectivity index is 2.25. The molecule has 0 unspecified atom stereocenters. The number of alkyl halides is 1. The highest BCUT2D eigenvalue weighted by Crippen LogP contribution is 2.18. The highest BCUT2D eigenvalue weighted by atomic mass is 79.9. The molecule has 1 aromatic rings. The van der Waals surface area contributed by atoms with Gasteiger partial charge in [0.1, 0.15) is 5.82 Å². The van der Waals surface area contributed by atoms with E-state index in [1.165, 1.54) is 4.90 Å². The first-order valence-corrected chi connectivity index (χ1v) is 6.06. The second kappa shape index (κ2) is 4.79. The molecule has 0 aromatic carbocycles. The van der Waals surface area contributed by atoms with E-state index in [9.17, 15) is 14.0 Å². The molecule has 2 rings (SSSR count). The Morgan fingerprint density at radius 2 is 2.24 bits per heavy atom. The molecule has 0 spiro atoms. The van der Waals surface area contributed by atoms with Crippen LogP contribution in [0.2, 0.25) is 0 Å². The van der Waals surface area contributed by atoms with Gasteiger partial charge in [0.05, 0.1) is 0 Å². The Morgan fingerprint density at radius 1 is 1.47 bits per heavy atom. The van der Waals surface area contributed by atoms with E-state index in [1.807, 2.05) is 0 Å². The molecule has 1 saturated heterocycles. The third-order valence-corrected chi connectivity index (χ3v) is 2.99. The second-order valence-electron chi connectivity index (χ2n) is 3.51. The third-order valence-electron chi connectivity index (χ3n) is 2.39. The molecule has 0 aliphatic carbocycles. The maximum Gasteiger partial charge on any atom is 0.329 e. The molecule has 1 aliphatic heterocycles. The monoisotopic (exact) mass is 301 g/mol. The number of amides is 3. The number of imide groups is 1. The van der Waals surface area contributed by atoms with Crippen LogP contribution in [0.25, 0.3) is 0 Å². The van der Waals surface area contributed by atoms with Gasteiger partial charge >= 0.3 is 6.03 Å². The number of nitrogens with zero attached hydrogens (tertiary/aromatic N) is 2. The maximum atomic E-state index is 13.4. The SMILES string of the molecule is O=C1CCN(c2ccc(CBr)c(F)n2)C(=O)N1. The zero-order chi connectivity index (χ0) is 12.4. The number of carbonyl (C=O) groups excluding carboxylic acids is 2. The molecule has 0 atom stereocenters. The number of nitrogens with one attached hydrogen (secondary N) is 1. The Labute approximate surface area is 105 Å². The first-order valence-electron chi connectivity index (χ1n) is 4.94. The van der Waals surface area contributed by atoms with Crippen LogP contribution in [0.5, 0.6) is 0 Å². The largest absolute Gasteiger partial charge is 0.329 e. The number of anilines is 1. The van der Waals surface area contributed by atoms with Gasteiger partial charge in [0.25, 0.3) is 0 Å². The van der Waals surface area contributed by atoms with Crippen LogP contribution in [-0.2, 0) is 10.1 Å². The lowest BCUT2D eigenvalue weighted by Gasteiger charge is -2.25. The van der Waals surface area contributed by atoms with E-state index < -0.39 is 12.0 Å². The fraction of sp³-hybridized carbons (Fsp3) is 0.300. The second-order valence-corrected chi connectivity index (χ2v) is 4.07. The predicted octanol–water partition coefficient (Wildman–Crippen LogP) is 1.56. The number of hydrogen-bond donors (Lipinski definition) is 1. The summed E-state index contributed by atoms with van der Waals surface area (Å²) in [5.41, 5.74) is 0.419. The van der Waals surface area contributed by atoms with Gasteiger partial charge in [0, 0.05) is 23.9 Å².